The second-order valence-corrected chi connectivity index (χ2v) is 4.70. The van der Waals surface area contributed by atoms with E-state index in [9.17, 15) is 0 Å². The minimum Gasteiger partial charge on any atom is -0.490 e. The molecule has 1 aliphatic rings. The lowest BCUT2D eigenvalue weighted by Crippen LogP contribution is -2.28. The minimum absolute atomic E-state index is 0.175. The molecule has 1 atom stereocenters. The maximum absolute atomic E-state index is 5.59. The van der Waals surface area contributed by atoms with Crippen molar-refractivity contribution in [1.82, 2.24) is 0 Å². The van der Waals surface area contributed by atoms with Gasteiger partial charge in [-0.2, -0.15) is 0 Å². The smallest absolute Gasteiger partial charge is 0.154 e. The van der Waals surface area contributed by atoms with Crippen molar-refractivity contribution in [3.05, 3.63) is 10.7 Å². The molecule has 1 heterocycles. The number of rotatable bonds is 5. The number of ether oxygens (including phenoxy) is 2. The first-order valence-electron chi connectivity index (χ1n) is 4.91. The summed E-state index contributed by atoms with van der Waals surface area (Å²) in [7, 11) is 3.46. The van der Waals surface area contributed by atoms with Crippen LogP contribution in [0.1, 0.15) is 26.2 Å². The number of nitrogens with two attached hydrogens (primary N) is 1. The Kier molecular flexibility index (Phi) is 4.29. The van der Waals surface area contributed by atoms with Crippen LogP contribution in [0.15, 0.2) is 10.7 Å². The molecular weight excluding hydrogens is 198 g/mol. The summed E-state index contributed by atoms with van der Waals surface area (Å²) in [5, 5.41) is 1.02. The van der Waals surface area contributed by atoms with Gasteiger partial charge in [0.1, 0.15) is 4.93 Å². The molecule has 0 aromatic heterocycles. The lowest BCUT2D eigenvalue weighted by atomic mass is 10.0. The first-order valence-corrected chi connectivity index (χ1v) is 5.73. The molecule has 0 aromatic rings. The summed E-state index contributed by atoms with van der Waals surface area (Å²) < 4.78 is 10.9. The van der Waals surface area contributed by atoms with Crippen LogP contribution in [0.2, 0.25) is 0 Å². The van der Waals surface area contributed by atoms with Crippen LogP contribution < -0.4 is 5.73 Å². The molecule has 0 aliphatic carbocycles. The molecule has 4 heteroatoms. The SMILES string of the molecule is CCC1=C(OC)S[C@](CCN)(OC)C1. The van der Waals surface area contributed by atoms with E-state index in [0.717, 1.165) is 24.4 Å². The molecule has 2 N–H and O–H groups in total. The Hall–Kier alpha value is -0.190. The van der Waals surface area contributed by atoms with Gasteiger partial charge in [0, 0.05) is 13.5 Å². The third kappa shape index (κ3) is 2.24. The number of hydrogen-bond donors (Lipinski definition) is 1. The van der Waals surface area contributed by atoms with Crippen molar-refractivity contribution in [2.75, 3.05) is 20.8 Å². The summed E-state index contributed by atoms with van der Waals surface area (Å²) in [6, 6.07) is 0. The summed E-state index contributed by atoms with van der Waals surface area (Å²) in [5.74, 6) is 0. The van der Waals surface area contributed by atoms with Gasteiger partial charge in [-0.3, -0.25) is 0 Å². The summed E-state index contributed by atoms with van der Waals surface area (Å²) in [4.78, 5) is -0.175. The molecule has 0 bridgehead atoms. The van der Waals surface area contributed by atoms with Gasteiger partial charge in [-0.15, -0.1) is 0 Å². The van der Waals surface area contributed by atoms with Gasteiger partial charge in [0.15, 0.2) is 5.09 Å². The van der Waals surface area contributed by atoms with Gasteiger partial charge in [-0.1, -0.05) is 18.7 Å². The highest BCUT2D eigenvalue weighted by atomic mass is 32.2. The fourth-order valence-corrected chi connectivity index (χ4v) is 3.04. The van der Waals surface area contributed by atoms with Crippen LogP contribution in [-0.4, -0.2) is 25.7 Å². The Labute approximate surface area is 90.0 Å². The van der Waals surface area contributed by atoms with Gasteiger partial charge in [-0.25, -0.2) is 0 Å². The Morgan fingerprint density at radius 3 is 2.57 bits per heavy atom. The quantitative estimate of drug-likeness (QED) is 0.766. The van der Waals surface area contributed by atoms with Crippen LogP contribution in [0.4, 0.5) is 0 Å². The average Bonchev–Trinajstić information content (AvgIpc) is 2.58. The summed E-state index contributed by atoms with van der Waals surface area (Å²) in [6.45, 7) is 2.79. The fourth-order valence-electron chi connectivity index (χ4n) is 1.71. The van der Waals surface area contributed by atoms with Crippen molar-refractivity contribution >= 4 is 11.8 Å². The van der Waals surface area contributed by atoms with E-state index >= 15 is 0 Å². The lowest BCUT2D eigenvalue weighted by molar-refractivity contribution is 0.0684. The van der Waals surface area contributed by atoms with E-state index in [1.165, 1.54) is 5.57 Å². The Morgan fingerprint density at radius 2 is 2.21 bits per heavy atom. The summed E-state index contributed by atoms with van der Waals surface area (Å²) in [6.07, 6.45) is 2.82. The minimum atomic E-state index is -0.175. The monoisotopic (exact) mass is 217 g/mol. The second kappa shape index (κ2) is 5.05. The summed E-state index contributed by atoms with van der Waals surface area (Å²) >= 11 is 1.67. The van der Waals surface area contributed by atoms with Crippen molar-refractivity contribution in [2.45, 2.75) is 31.1 Å². The van der Waals surface area contributed by atoms with Gasteiger partial charge in [0.05, 0.1) is 7.11 Å². The van der Waals surface area contributed by atoms with Gasteiger partial charge in [0.25, 0.3) is 0 Å². The van der Waals surface area contributed by atoms with E-state index in [0.29, 0.717) is 6.54 Å². The van der Waals surface area contributed by atoms with Gasteiger partial charge < -0.3 is 15.2 Å². The fraction of sp³-hybridized carbons (Fsp3) is 0.800. The van der Waals surface area contributed by atoms with Crippen LogP contribution in [0.3, 0.4) is 0 Å². The number of methoxy groups -OCH3 is 2. The topological polar surface area (TPSA) is 44.5 Å². The molecule has 0 spiro atoms. The maximum Gasteiger partial charge on any atom is 0.154 e. The van der Waals surface area contributed by atoms with Crippen LogP contribution >= 0.6 is 11.8 Å². The zero-order valence-corrected chi connectivity index (χ0v) is 9.95. The van der Waals surface area contributed by atoms with Crippen LogP contribution in [0, 0.1) is 0 Å². The lowest BCUT2D eigenvalue weighted by Gasteiger charge is -2.26. The van der Waals surface area contributed by atoms with Crippen LogP contribution in [-0.2, 0) is 9.47 Å². The average molecular weight is 217 g/mol. The molecule has 1 rings (SSSR count). The zero-order valence-electron chi connectivity index (χ0n) is 9.13. The predicted octanol–water partition coefficient (Wildman–Crippen LogP) is 2.08. The highest BCUT2D eigenvalue weighted by Gasteiger charge is 2.39. The summed E-state index contributed by atoms with van der Waals surface area (Å²) in [5.41, 5.74) is 6.93. The first-order chi connectivity index (χ1) is 6.71. The van der Waals surface area contributed by atoms with Crippen molar-refractivity contribution in [2.24, 2.45) is 5.73 Å². The van der Waals surface area contributed by atoms with E-state index < -0.39 is 0 Å². The van der Waals surface area contributed by atoms with Gasteiger partial charge in [0.2, 0.25) is 0 Å². The number of thioether (sulfide) groups is 1. The van der Waals surface area contributed by atoms with E-state index in [1.807, 2.05) is 0 Å². The molecule has 0 amide bonds. The van der Waals surface area contributed by atoms with Gasteiger partial charge >= 0.3 is 0 Å². The third-order valence-corrected chi connectivity index (χ3v) is 4.09. The molecule has 0 saturated carbocycles. The molecule has 3 nitrogen and oxygen atoms in total. The first kappa shape index (κ1) is 11.9. The van der Waals surface area contributed by atoms with Crippen molar-refractivity contribution in [1.29, 1.82) is 0 Å². The molecular formula is C10H19NO2S. The van der Waals surface area contributed by atoms with E-state index in [4.69, 9.17) is 15.2 Å². The molecule has 82 valence electrons. The number of hydrogen-bond acceptors (Lipinski definition) is 4. The maximum atomic E-state index is 5.59. The molecule has 0 unspecified atom stereocenters. The van der Waals surface area contributed by atoms with Gasteiger partial charge in [-0.05, 0) is 25.0 Å². The normalized spacial score (nSPS) is 27.1. The van der Waals surface area contributed by atoms with E-state index in [2.05, 4.69) is 6.92 Å². The largest absolute Gasteiger partial charge is 0.490 e. The Bertz CT molecular complexity index is 212. The molecule has 0 aromatic carbocycles. The third-order valence-electron chi connectivity index (χ3n) is 2.56. The Balaban J connectivity index is 2.72. The highest BCUT2D eigenvalue weighted by molar-refractivity contribution is 8.04. The van der Waals surface area contributed by atoms with Crippen LogP contribution in [0.25, 0.3) is 0 Å². The zero-order chi connectivity index (χ0) is 10.6. The van der Waals surface area contributed by atoms with Crippen molar-refractivity contribution in [3.63, 3.8) is 0 Å². The van der Waals surface area contributed by atoms with E-state index in [-0.39, 0.29) is 4.93 Å². The standard InChI is InChI=1S/C10H19NO2S/c1-4-8-7-10(13-3,5-6-11)14-9(8)12-2/h4-7,11H2,1-3H3/t10-/m0/s1. The van der Waals surface area contributed by atoms with Crippen LogP contribution in [0.5, 0.6) is 0 Å². The molecule has 0 saturated heterocycles. The molecule has 0 radical (unpaired) electrons. The second-order valence-electron chi connectivity index (χ2n) is 3.38. The highest BCUT2D eigenvalue weighted by Crippen LogP contribution is 2.49. The Morgan fingerprint density at radius 1 is 1.50 bits per heavy atom. The van der Waals surface area contributed by atoms with Crippen molar-refractivity contribution in [3.8, 4) is 0 Å². The molecule has 1 aliphatic heterocycles. The predicted molar refractivity (Wildman–Crippen MR) is 59.9 cm³/mol. The van der Waals surface area contributed by atoms with Crippen molar-refractivity contribution < 1.29 is 9.47 Å². The molecule has 14 heavy (non-hydrogen) atoms. The molecule has 0 fully saturated rings. The van der Waals surface area contributed by atoms with E-state index in [1.54, 1.807) is 26.0 Å².